The maximum absolute atomic E-state index is 12.8. The van der Waals surface area contributed by atoms with Crippen molar-refractivity contribution in [1.82, 2.24) is 29.4 Å². The Hall–Kier alpha value is -5.06. The number of hydrazone groups is 1. The minimum absolute atomic E-state index is 0.000290. The molecule has 15 nitrogen and oxygen atoms in total. The summed E-state index contributed by atoms with van der Waals surface area (Å²) >= 11 is 30.0. The van der Waals surface area contributed by atoms with E-state index in [1.807, 2.05) is 18.2 Å². The molecule has 3 aromatic heterocycles. The second-order valence-corrected chi connectivity index (χ2v) is 15.8. The van der Waals surface area contributed by atoms with Gasteiger partial charge in [0, 0.05) is 31.6 Å². The third-order valence-corrected chi connectivity index (χ3v) is 11.7. The van der Waals surface area contributed by atoms with Crippen molar-refractivity contribution < 1.29 is 27.2 Å². The van der Waals surface area contributed by atoms with Crippen molar-refractivity contribution in [2.75, 3.05) is 24.2 Å². The molecule has 0 spiro atoms. The van der Waals surface area contributed by atoms with Crippen molar-refractivity contribution in [2.24, 2.45) is 5.10 Å². The van der Waals surface area contributed by atoms with E-state index in [4.69, 9.17) is 68.5 Å². The van der Waals surface area contributed by atoms with E-state index >= 15 is 0 Å². The van der Waals surface area contributed by atoms with Gasteiger partial charge >= 0.3 is 6.18 Å². The Bertz CT molecular complexity index is 2480. The Balaban J connectivity index is 0.000000199. The molecule has 1 amide bonds. The van der Waals surface area contributed by atoms with Gasteiger partial charge in [-0.2, -0.15) is 33.2 Å². The fourth-order valence-corrected chi connectivity index (χ4v) is 7.84. The van der Waals surface area contributed by atoms with E-state index in [-0.39, 0.29) is 53.1 Å². The molecule has 0 radical (unpaired) electrons. The van der Waals surface area contributed by atoms with Gasteiger partial charge in [0.2, 0.25) is 0 Å². The Morgan fingerprint density at radius 1 is 1.12 bits per heavy atom. The van der Waals surface area contributed by atoms with E-state index in [0.717, 1.165) is 33.9 Å². The van der Waals surface area contributed by atoms with Gasteiger partial charge < -0.3 is 15.5 Å². The van der Waals surface area contributed by atoms with Gasteiger partial charge in [0.1, 0.15) is 38.0 Å². The summed E-state index contributed by atoms with van der Waals surface area (Å²) in [5, 5.41) is 40.5. The van der Waals surface area contributed by atoms with Gasteiger partial charge in [-0.25, -0.2) is 19.8 Å². The molecule has 0 saturated carbocycles. The number of anilines is 1. The summed E-state index contributed by atoms with van der Waals surface area (Å²) in [7, 11) is -1.47. The number of aromatic nitrogens is 4. The number of carbonyl (C=O) groups is 1. The average molecular weight is 950 g/mol. The molecule has 25 heteroatoms. The molecule has 5 aromatic rings. The van der Waals surface area contributed by atoms with Crippen LogP contribution in [0.5, 0.6) is 0 Å². The fraction of sp³-hybridized carbons (Fsp3) is 0.206. The summed E-state index contributed by atoms with van der Waals surface area (Å²) in [4.78, 5) is 28.4. The average Bonchev–Trinajstić information content (AvgIpc) is 3.87. The Morgan fingerprint density at radius 2 is 1.80 bits per heavy atom. The first-order chi connectivity index (χ1) is 27.9. The number of pyridine rings is 1. The highest BCUT2D eigenvalue weighted by atomic mass is 35.5. The summed E-state index contributed by atoms with van der Waals surface area (Å²) in [6.45, 7) is 5.06. The lowest BCUT2D eigenvalue weighted by Gasteiger charge is -2.14. The zero-order valence-electron chi connectivity index (χ0n) is 30.0. The summed E-state index contributed by atoms with van der Waals surface area (Å²) in [6, 6.07) is 15.5. The molecule has 4 heterocycles. The highest BCUT2D eigenvalue weighted by molar-refractivity contribution is 7.85. The number of alkyl halides is 3. The first-order valence-corrected chi connectivity index (χ1v) is 20.3. The van der Waals surface area contributed by atoms with E-state index < -0.39 is 33.5 Å². The van der Waals surface area contributed by atoms with Crippen molar-refractivity contribution in [3.8, 4) is 17.8 Å². The molecule has 1 unspecified atom stereocenters. The smallest absolute Gasteiger partial charge is 0.349 e. The number of halogens is 8. The number of nitrogens with one attached hydrogen (secondary N) is 2. The van der Waals surface area contributed by atoms with Crippen molar-refractivity contribution in [1.29, 1.82) is 10.5 Å². The molecule has 1 aliphatic rings. The van der Waals surface area contributed by atoms with Crippen molar-refractivity contribution in [2.45, 2.75) is 31.5 Å². The molecule has 2 N–H and O–H groups in total. The van der Waals surface area contributed by atoms with Gasteiger partial charge in [0.05, 0.1) is 48.2 Å². The normalized spacial score (nSPS) is 13.2. The number of amides is 1. The number of guanidine groups is 1. The van der Waals surface area contributed by atoms with Crippen molar-refractivity contribution in [3.05, 3.63) is 123 Å². The topological polar surface area (TPSA) is 208 Å². The van der Waals surface area contributed by atoms with Crippen LogP contribution in [0.15, 0.2) is 64.7 Å². The highest BCUT2D eigenvalue weighted by Crippen LogP contribution is 2.38. The number of hydrogen-bond donors (Lipinski definition) is 2. The lowest BCUT2D eigenvalue weighted by Crippen LogP contribution is -2.30. The van der Waals surface area contributed by atoms with Crippen LogP contribution in [0.1, 0.15) is 44.7 Å². The molecule has 2 aromatic carbocycles. The van der Waals surface area contributed by atoms with Crippen LogP contribution in [-0.2, 0) is 23.5 Å². The lowest BCUT2D eigenvalue weighted by atomic mass is 10.2. The van der Waals surface area contributed by atoms with Gasteiger partial charge in [-0.1, -0.05) is 83.1 Å². The van der Waals surface area contributed by atoms with Crippen LogP contribution in [0, 0.1) is 39.7 Å². The van der Waals surface area contributed by atoms with Gasteiger partial charge in [-0.05, 0) is 54.4 Å². The number of carbonyl (C=O) groups excluding carboxylic acids is 1. The molecular weight excluding hydrogens is 925 g/mol. The van der Waals surface area contributed by atoms with Crippen LogP contribution in [0.25, 0.3) is 5.69 Å². The third-order valence-electron chi connectivity index (χ3n) is 7.62. The van der Waals surface area contributed by atoms with Crippen molar-refractivity contribution in [3.63, 3.8) is 0 Å². The molecule has 1 saturated heterocycles. The largest absolute Gasteiger partial charge is 0.416 e. The van der Waals surface area contributed by atoms with E-state index in [9.17, 15) is 32.3 Å². The van der Waals surface area contributed by atoms with Crippen LogP contribution < -0.4 is 10.6 Å². The molecule has 0 bridgehead atoms. The molecule has 1 atom stereocenters. The van der Waals surface area contributed by atoms with Crippen molar-refractivity contribution >= 4 is 97.9 Å². The number of para-hydroxylation sites is 1. The second-order valence-electron chi connectivity index (χ2n) is 11.4. The first kappa shape index (κ1) is 46.6. The highest BCUT2D eigenvalue weighted by Gasteiger charge is 2.33. The van der Waals surface area contributed by atoms with Gasteiger partial charge in [0.15, 0.2) is 15.9 Å². The summed E-state index contributed by atoms with van der Waals surface area (Å²) in [5.74, 6) is 0.104. The molecule has 1 aliphatic heterocycles. The number of benzene rings is 2. The van der Waals surface area contributed by atoms with Gasteiger partial charge in [-0.3, -0.25) is 9.00 Å². The lowest BCUT2D eigenvalue weighted by molar-refractivity contribution is -0.485. The number of nitro groups is 1. The van der Waals surface area contributed by atoms with Gasteiger partial charge in [0.25, 0.3) is 11.9 Å². The number of hydrogen-bond acceptors (Lipinski definition) is 10. The van der Waals surface area contributed by atoms with Crippen LogP contribution >= 0.6 is 69.5 Å². The first-order valence-electron chi connectivity index (χ1n) is 16.3. The number of nitriles is 2. The molecule has 59 heavy (non-hydrogen) atoms. The quantitative estimate of drug-likeness (QED) is 0.0854. The molecule has 6 rings (SSSR count). The molecule has 308 valence electrons. The summed E-state index contributed by atoms with van der Waals surface area (Å²) < 4.78 is 55.5. The number of nitrogens with zero attached hydrogens (tertiary/aromatic N) is 9. The monoisotopic (exact) mass is 947 g/mol. The Labute approximate surface area is 364 Å². The van der Waals surface area contributed by atoms with Crippen LogP contribution in [-0.4, -0.2) is 64.0 Å². The van der Waals surface area contributed by atoms with E-state index in [1.165, 1.54) is 0 Å². The Morgan fingerprint density at radius 3 is 2.34 bits per heavy atom. The van der Waals surface area contributed by atoms with E-state index in [2.05, 4.69) is 30.2 Å². The standard InChI is InChI=1S/C14H10Cl2F3N3OS.C11H5Cl2N3OS.C9H10ClN5O2/c1-3-24(23)13-7(2)22(21-11(13)6-20)12-9(15)4-8(5-10(12)16)14(17,18)19;12-8-9(18-16-10(8)13)11(17)15-7-4-2-1-3-6(7)5-14;10-8-2-1-7(5-12-8)6-14-4-3-11-9(14)13-15(16)17/h4-5H,3H2,1-2H3;1-4H,(H,15,17);1-2,5H,3-4,6H2,(H,11,13). The fourth-order valence-electron chi connectivity index (χ4n) is 4.97. The summed E-state index contributed by atoms with van der Waals surface area (Å²) in [5.41, 5.74) is 0.968. The molecule has 0 aliphatic carbocycles. The van der Waals surface area contributed by atoms with E-state index in [0.29, 0.717) is 41.7 Å². The number of rotatable bonds is 8. The van der Waals surface area contributed by atoms with Gasteiger partial charge in [-0.15, -0.1) is 0 Å². The minimum atomic E-state index is -4.60. The zero-order valence-corrected chi connectivity index (χ0v) is 35.4. The van der Waals surface area contributed by atoms with Crippen LogP contribution in [0.2, 0.25) is 25.4 Å². The SMILES string of the molecule is CCS(=O)c1c(C#N)nn(-c2c(Cl)cc(C(F)(F)F)cc2Cl)c1C.N#Cc1ccccc1NC(=O)c1snc(Cl)c1Cl.O=[N+]([O-])/N=C1\NCCN1Cc1ccc(Cl)nc1. The van der Waals surface area contributed by atoms with Crippen LogP contribution in [0.3, 0.4) is 0 Å². The Kier molecular flexibility index (Phi) is 16.4. The zero-order chi connectivity index (χ0) is 43.6. The maximum Gasteiger partial charge on any atom is 0.416 e. The predicted octanol–water partition coefficient (Wildman–Crippen LogP) is 8.77. The predicted molar refractivity (Wildman–Crippen MR) is 218 cm³/mol. The maximum atomic E-state index is 12.8. The minimum Gasteiger partial charge on any atom is -0.349 e. The molecular formula is C34H25Cl5F3N11O4S2. The van der Waals surface area contributed by atoms with Crippen LogP contribution in [0.4, 0.5) is 18.9 Å². The summed E-state index contributed by atoms with van der Waals surface area (Å²) in [6.07, 6.45) is -2.96. The van der Waals surface area contributed by atoms with E-state index in [1.54, 1.807) is 55.3 Å². The third kappa shape index (κ3) is 12.0. The molecule has 1 fully saturated rings. The second kappa shape index (κ2) is 20.8.